The van der Waals surface area contributed by atoms with Crippen molar-refractivity contribution in [2.75, 3.05) is 4.90 Å². The molecular weight excluding hydrogens is 595 g/mol. The summed E-state index contributed by atoms with van der Waals surface area (Å²) in [5.74, 6) is 1.09. The van der Waals surface area contributed by atoms with Gasteiger partial charge in [-0.15, -0.1) is 0 Å². The van der Waals surface area contributed by atoms with Crippen molar-refractivity contribution in [2.45, 2.75) is 31.3 Å². The Morgan fingerprint density at radius 3 is 2.22 bits per heavy atom. The van der Waals surface area contributed by atoms with Crippen molar-refractivity contribution in [2.24, 2.45) is 0 Å². The lowest BCUT2D eigenvalue weighted by Crippen LogP contribution is -2.32. The predicted octanol–water partition coefficient (Wildman–Crippen LogP) is 12.1. The molecule has 1 heterocycles. The summed E-state index contributed by atoms with van der Waals surface area (Å²) in [6, 6.07) is 53.3. The van der Waals surface area contributed by atoms with Crippen molar-refractivity contribution >= 4 is 32.9 Å². The first kappa shape index (κ1) is 28.2. The Kier molecular flexibility index (Phi) is 6.08. The summed E-state index contributed by atoms with van der Waals surface area (Å²) in [7, 11) is 0. The lowest BCUT2D eigenvalue weighted by Gasteiger charge is -2.34. The van der Waals surface area contributed by atoms with Crippen molar-refractivity contribution in [1.29, 1.82) is 0 Å². The Bertz CT molecular complexity index is 2540. The summed E-state index contributed by atoms with van der Waals surface area (Å²) in [6.45, 7) is 4.68. The summed E-state index contributed by atoms with van der Waals surface area (Å²) in [4.78, 5) is 2.44. The minimum atomic E-state index is -0.160. The number of nitrogens with zero attached hydrogens (tertiary/aromatic N) is 1. The second-order valence-corrected chi connectivity index (χ2v) is 14.1. The zero-order chi connectivity index (χ0) is 32.7. The highest BCUT2D eigenvalue weighted by Gasteiger charge is 2.41. The molecule has 0 saturated heterocycles. The molecule has 0 bridgehead atoms. The van der Waals surface area contributed by atoms with Crippen LogP contribution in [0.25, 0.3) is 43.8 Å². The van der Waals surface area contributed by atoms with E-state index in [1.165, 1.54) is 60.5 Å². The lowest BCUT2D eigenvalue weighted by molar-refractivity contribution is 0.253. The Morgan fingerprint density at radius 2 is 1.31 bits per heavy atom. The third-order valence-corrected chi connectivity index (χ3v) is 11.0. The smallest absolute Gasteiger partial charge is 0.149 e. The van der Waals surface area contributed by atoms with Crippen LogP contribution in [-0.2, 0) is 5.41 Å². The molecule has 3 aliphatic rings. The average molecular weight is 630 g/mol. The lowest BCUT2D eigenvalue weighted by atomic mass is 9.82. The van der Waals surface area contributed by atoms with Crippen LogP contribution < -0.4 is 9.64 Å². The van der Waals surface area contributed by atoms with Crippen LogP contribution in [0, 0.1) is 0 Å². The first-order valence-electron chi connectivity index (χ1n) is 17.3. The number of ether oxygens (including phenoxy) is 1. The number of rotatable bonds is 4. The maximum absolute atomic E-state index is 6.94. The molecule has 7 aromatic rings. The molecule has 0 saturated carbocycles. The fourth-order valence-corrected chi connectivity index (χ4v) is 8.58. The second-order valence-electron chi connectivity index (χ2n) is 14.1. The summed E-state index contributed by atoms with van der Waals surface area (Å²) in [5.41, 5.74) is 12.4. The molecule has 7 aromatic carbocycles. The number of benzene rings is 7. The van der Waals surface area contributed by atoms with Crippen LogP contribution in [0.4, 0.5) is 11.4 Å². The monoisotopic (exact) mass is 629 g/mol. The SMILES string of the molecule is CC1(C)c2ccccc2-c2cc(N(C3=CC=CC4c5c(ccc6ccccc56)OC34)c3cccc(-c4ccc5ccccc5c4)c3)ccc21. The van der Waals surface area contributed by atoms with Gasteiger partial charge in [0, 0.05) is 28.3 Å². The standard InChI is InChI=1S/C47H35NO/c1-47(2)41-19-8-7-17-38(41)40-29-36(24-25-42(40)47)48(35-15-9-14-33(28-35)34-22-21-30-11-3-4-13-32(30)27-34)43-20-10-18-39-45-37-16-6-5-12-31(37)23-26-44(45)49-46(39)43/h3-29,39,46H,1-2H3. The number of hydrogen-bond acceptors (Lipinski definition) is 2. The normalized spacial score (nSPS) is 18.0. The van der Waals surface area contributed by atoms with Crippen LogP contribution in [-0.4, -0.2) is 6.10 Å². The average Bonchev–Trinajstić information content (AvgIpc) is 3.65. The second kappa shape index (κ2) is 10.6. The molecule has 49 heavy (non-hydrogen) atoms. The van der Waals surface area contributed by atoms with E-state index in [2.05, 4.69) is 183 Å². The minimum absolute atomic E-state index is 0.0551. The molecule has 10 rings (SSSR count). The molecule has 0 aromatic heterocycles. The molecule has 2 aliphatic carbocycles. The maximum atomic E-state index is 6.94. The van der Waals surface area contributed by atoms with Crippen molar-refractivity contribution in [3.05, 3.63) is 186 Å². The number of allylic oxidation sites excluding steroid dienone is 2. The molecule has 2 nitrogen and oxygen atoms in total. The van der Waals surface area contributed by atoms with E-state index >= 15 is 0 Å². The Hall–Kier alpha value is -5.86. The van der Waals surface area contributed by atoms with E-state index in [1.54, 1.807) is 0 Å². The Labute approximate surface area is 287 Å². The fraction of sp³-hybridized carbons (Fsp3) is 0.106. The first-order valence-corrected chi connectivity index (χ1v) is 17.3. The Morgan fingerprint density at radius 1 is 0.571 bits per heavy atom. The van der Waals surface area contributed by atoms with E-state index in [4.69, 9.17) is 4.74 Å². The van der Waals surface area contributed by atoms with Gasteiger partial charge in [0.2, 0.25) is 0 Å². The van der Waals surface area contributed by atoms with Gasteiger partial charge in [0.05, 0.1) is 5.70 Å². The van der Waals surface area contributed by atoms with Gasteiger partial charge < -0.3 is 9.64 Å². The molecular formula is C47H35NO. The van der Waals surface area contributed by atoms with Gasteiger partial charge in [0.1, 0.15) is 11.9 Å². The highest BCUT2D eigenvalue weighted by molar-refractivity contribution is 5.91. The third-order valence-electron chi connectivity index (χ3n) is 11.0. The fourth-order valence-electron chi connectivity index (χ4n) is 8.58. The summed E-state index contributed by atoms with van der Waals surface area (Å²) < 4.78 is 6.94. The molecule has 0 radical (unpaired) electrons. The van der Waals surface area contributed by atoms with Gasteiger partial charge in [-0.1, -0.05) is 135 Å². The quantitative estimate of drug-likeness (QED) is 0.192. The topological polar surface area (TPSA) is 12.5 Å². The molecule has 1 aliphatic heterocycles. The summed E-state index contributed by atoms with van der Waals surface area (Å²) in [6.07, 6.45) is 6.63. The van der Waals surface area contributed by atoms with E-state index < -0.39 is 0 Å². The molecule has 0 fully saturated rings. The van der Waals surface area contributed by atoms with Gasteiger partial charge >= 0.3 is 0 Å². The molecule has 234 valence electrons. The zero-order valence-corrected chi connectivity index (χ0v) is 27.6. The molecule has 2 unspecified atom stereocenters. The molecule has 0 amide bonds. The number of fused-ring (bicyclic) bond motifs is 9. The van der Waals surface area contributed by atoms with E-state index in [0.717, 1.165) is 22.8 Å². The molecule has 2 heteroatoms. The largest absolute Gasteiger partial charge is 0.483 e. The van der Waals surface area contributed by atoms with Crippen LogP contribution >= 0.6 is 0 Å². The third kappa shape index (κ3) is 4.27. The van der Waals surface area contributed by atoms with E-state index in [-0.39, 0.29) is 17.4 Å². The van der Waals surface area contributed by atoms with Crippen LogP contribution in [0.1, 0.15) is 36.5 Å². The van der Waals surface area contributed by atoms with Gasteiger partial charge in [-0.05, 0) is 97.4 Å². The molecule has 2 atom stereocenters. The van der Waals surface area contributed by atoms with E-state index in [0.29, 0.717) is 0 Å². The predicted molar refractivity (Wildman–Crippen MR) is 204 cm³/mol. The van der Waals surface area contributed by atoms with Gasteiger partial charge in [-0.25, -0.2) is 0 Å². The van der Waals surface area contributed by atoms with Crippen molar-refractivity contribution in [3.63, 3.8) is 0 Å². The minimum Gasteiger partial charge on any atom is -0.483 e. The molecule has 0 N–H and O–H groups in total. The van der Waals surface area contributed by atoms with Crippen molar-refractivity contribution in [1.82, 2.24) is 0 Å². The van der Waals surface area contributed by atoms with E-state index in [1.807, 2.05) is 0 Å². The van der Waals surface area contributed by atoms with Crippen LogP contribution in [0.2, 0.25) is 0 Å². The number of hydrogen-bond donors (Lipinski definition) is 0. The first-order chi connectivity index (χ1) is 24.0. The van der Waals surface area contributed by atoms with Crippen molar-refractivity contribution in [3.8, 4) is 28.0 Å². The van der Waals surface area contributed by atoms with Crippen LogP contribution in [0.3, 0.4) is 0 Å². The van der Waals surface area contributed by atoms with Crippen molar-refractivity contribution < 1.29 is 4.74 Å². The highest BCUT2D eigenvalue weighted by Crippen LogP contribution is 2.52. The van der Waals surface area contributed by atoms with Gasteiger partial charge in [0.15, 0.2) is 0 Å². The summed E-state index contributed by atoms with van der Waals surface area (Å²) >= 11 is 0. The Balaban J connectivity index is 1.15. The summed E-state index contributed by atoms with van der Waals surface area (Å²) in [5, 5.41) is 5.00. The van der Waals surface area contributed by atoms with E-state index in [9.17, 15) is 0 Å². The van der Waals surface area contributed by atoms with Crippen LogP contribution in [0.15, 0.2) is 170 Å². The van der Waals surface area contributed by atoms with Gasteiger partial charge in [0.25, 0.3) is 0 Å². The zero-order valence-electron chi connectivity index (χ0n) is 27.6. The van der Waals surface area contributed by atoms with Crippen LogP contribution in [0.5, 0.6) is 5.75 Å². The highest BCUT2D eigenvalue weighted by atomic mass is 16.5. The van der Waals surface area contributed by atoms with Gasteiger partial charge in [-0.2, -0.15) is 0 Å². The number of anilines is 2. The molecule has 0 spiro atoms. The maximum Gasteiger partial charge on any atom is 0.149 e. The van der Waals surface area contributed by atoms with Gasteiger partial charge in [-0.3, -0.25) is 0 Å².